The van der Waals surface area contributed by atoms with Gasteiger partial charge in [0.2, 0.25) is 0 Å². The highest BCUT2D eigenvalue weighted by atomic mass is 32.1. The van der Waals surface area contributed by atoms with Crippen molar-refractivity contribution in [3.8, 4) is 0 Å². The maximum atomic E-state index is 10.5. The Labute approximate surface area is 71.1 Å². The highest BCUT2D eigenvalue weighted by Gasteiger charge is 2.33. The Morgan fingerprint density at radius 2 is 2.45 bits per heavy atom. The molecule has 1 saturated heterocycles. The van der Waals surface area contributed by atoms with E-state index >= 15 is 0 Å². The zero-order valence-electron chi connectivity index (χ0n) is 6.36. The van der Waals surface area contributed by atoms with Gasteiger partial charge in [0.1, 0.15) is 5.25 Å². The molecule has 0 saturated carbocycles. The average Bonchev–Trinajstić information content (AvgIpc) is 2.33. The van der Waals surface area contributed by atoms with Crippen molar-refractivity contribution in [3.63, 3.8) is 0 Å². The van der Waals surface area contributed by atoms with Gasteiger partial charge in [-0.2, -0.15) is 12.6 Å². The van der Waals surface area contributed by atoms with Gasteiger partial charge in [0, 0.05) is 12.5 Å². The van der Waals surface area contributed by atoms with Crippen LogP contribution in [0.5, 0.6) is 0 Å². The second-order valence-electron chi connectivity index (χ2n) is 2.81. The SMILES string of the molecule is CC1OCCC1C(S)C(=O)O. The van der Waals surface area contributed by atoms with Gasteiger partial charge in [0.25, 0.3) is 0 Å². The monoisotopic (exact) mass is 176 g/mol. The predicted molar refractivity (Wildman–Crippen MR) is 43.9 cm³/mol. The van der Waals surface area contributed by atoms with E-state index in [1.54, 1.807) is 0 Å². The van der Waals surface area contributed by atoms with Gasteiger partial charge in [0.15, 0.2) is 0 Å². The van der Waals surface area contributed by atoms with Gasteiger partial charge in [-0.25, -0.2) is 0 Å². The summed E-state index contributed by atoms with van der Waals surface area (Å²) >= 11 is 4.00. The standard InChI is InChI=1S/C7H12O3S/c1-4-5(2-3-10-4)6(11)7(8)9/h4-6,11H,2-3H2,1H3,(H,8,9). The number of aliphatic carboxylic acids is 1. The quantitative estimate of drug-likeness (QED) is 0.612. The van der Waals surface area contributed by atoms with Crippen LogP contribution in [0.15, 0.2) is 0 Å². The van der Waals surface area contributed by atoms with Gasteiger partial charge in [-0.15, -0.1) is 0 Å². The molecule has 3 unspecified atom stereocenters. The van der Waals surface area contributed by atoms with E-state index in [4.69, 9.17) is 9.84 Å². The fraction of sp³-hybridized carbons (Fsp3) is 0.857. The largest absolute Gasteiger partial charge is 0.480 e. The van der Waals surface area contributed by atoms with Crippen LogP contribution in [0.3, 0.4) is 0 Å². The predicted octanol–water partition coefficient (Wildman–Crippen LogP) is 0.794. The van der Waals surface area contributed by atoms with Crippen LogP contribution in [-0.2, 0) is 9.53 Å². The molecule has 0 radical (unpaired) electrons. The summed E-state index contributed by atoms with van der Waals surface area (Å²) in [4.78, 5) is 10.5. The van der Waals surface area contributed by atoms with Crippen LogP contribution in [0.1, 0.15) is 13.3 Å². The molecule has 1 N–H and O–H groups in total. The van der Waals surface area contributed by atoms with E-state index in [0.717, 1.165) is 6.42 Å². The van der Waals surface area contributed by atoms with Gasteiger partial charge in [-0.1, -0.05) is 0 Å². The second-order valence-corrected chi connectivity index (χ2v) is 3.37. The number of ether oxygens (including phenoxy) is 1. The Balaban J connectivity index is 2.52. The fourth-order valence-corrected chi connectivity index (χ4v) is 1.74. The summed E-state index contributed by atoms with van der Waals surface area (Å²) in [5.74, 6) is -0.786. The molecule has 3 nitrogen and oxygen atoms in total. The number of carboxylic acids is 1. The zero-order chi connectivity index (χ0) is 8.43. The molecule has 1 aliphatic heterocycles. The summed E-state index contributed by atoms with van der Waals surface area (Å²) in [6.07, 6.45) is 0.843. The Kier molecular flexibility index (Phi) is 2.78. The molecule has 11 heavy (non-hydrogen) atoms. The maximum absolute atomic E-state index is 10.5. The highest BCUT2D eigenvalue weighted by Crippen LogP contribution is 2.26. The summed E-state index contributed by atoms with van der Waals surface area (Å²) in [5, 5.41) is 8.05. The molecule has 0 spiro atoms. The molecule has 64 valence electrons. The molecule has 1 heterocycles. The highest BCUT2D eigenvalue weighted by molar-refractivity contribution is 7.81. The van der Waals surface area contributed by atoms with Crippen molar-refractivity contribution in [3.05, 3.63) is 0 Å². The first kappa shape index (κ1) is 8.87. The topological polar surface area (TPSA) is 46.5 Å². The van der Waals surface area contributed by atoms with Crippen molar-refractivity contribution < 1.29 is 14.6 Å². The van der Waals surface area contributed by atoms with Gasteiger partial charge in [-0.3, -0.25) is 4.79 Å². The first-order valence-corrected chi connectivity index (χ1v) is 4.17. The average molecular weight is 176 g/mol. The molecule has 1 fully saturated rings. The van der Waals surface area contributed by atoms with E-state index in [0.29, 0.717) is 6.61 Å². The van der Waals surface area contributed by atoms with Crippen LogP contribution >= 0.6 is 12.6 Å². The Morgan fingerprint density at radius 3 is 2.82 bits per heavy atom. The van der Waals surface area contributed by atoms with E-state index in [1.165, 1.54) is 0 Å². The molecule has 1 aliphatic rings. The molecule has 4 heteroatoms. The Bertz CT molecular complexity index is 160. The minimum absolute atomic E-state index is 0.0357. The zero-order valence-corrected chi connectivity index (χ0v) is 7.25. The minimum Gasteiger partial charge on any atom is -0.480 e. The van der Waals surface area contributed by atoms with Gasteiger partial charge in [0.05, 0.1) is 6.10 Å². The number of rotatable bonds is 2. The van der Waals surface area contributed by atoms with Crippen LogP contribution in [-0.4, -0.2) is 29.0 Å². The molecule has 1 rings (SSSR count). The number of carboxylic acid groups (broad SMARTS) is 1. The lowest BCUT2D eigenvalue weighted by Crippen LogP contribution is -2.28. The van der Waals surface area contributed by atoms with Crippen LogP contribution in [0, 0.1) is 5.92 Å². The van der Waals surface area contributed by atoms with Gasteiger partial charge < -0.3 is 9.84 Å². The third kappa shape index (κ3) is 1.87. The molecular weight excluding hydrogens is 164 g/mol. The number of carbonyl (C=O) groups is 1. The molecule has 0 bridgehead atoms. The van der Waals surface area contributed by atoms with Gasteiger partial charge >= 0.3 is 5.97 Å². The van der Waals surface area contributed by atoms with Crippen molar-refractivity contribution in [2.24, 2.45) is 5.92 Å². The summed E-state index contributed by atoms with van der Waals surface area (Å²) < 4.78 is 5.22. The third-order valence-electron chi connectivity index (χ3n) is 2.09. The van der Waals surface area contributed by atoms with Crippen molar-refractivity contribution in [2.45, 2.75) is 24.7 Å². The third-order valence-corrected chi connectivity index (χ3v) is 2.70. The Hall–Kier alpha value is -0.220. The van der Waals surface area contributed by atoms with Crippen molar-refractivity contribution >= 4 is 18.6 Å². The Morgan fingerprint density at radius 1 is 1.82 bits per heavy atom. The van der Waals surface area contributed by atoms with E-state index < -0.39 is 11.2 Å². The van der Waals surface area contributed by atoms with Crippen LogP contribution < -0.4 is 0 Å². The van der Waals surface area contributed by atoms with Gasteiger partial charge in [-0.05, 0) is 13.3 Å². The number of hydrogen-bond donors (Lipinski definition) is 2. The minimum atomic E-state index is -0.851. The van der Waals surface area contributed by atoms with Crippen molar-refractivity contribution in [1.82, 2.24) is 0 Å². The number of thiol groups is 1. The first-order chi connectivity index (χ1) is 5.13. The van der Waals surface area contributed by atoms with Crippen LogP contribution in [0.25, 0.3) is 0 Å². The van der Waals surface area contributed by atoms with Crippen LogP contribution in [0.4, 0.5) is 0 Å². The van der Waals surface area contributed by atoms with Crippen molar-refractivity contribution in [1.29, 1.82) is 0 Å². The normalized spacial score (nSPS) is 33.6. The first-order valence-electron chi connectivity index (χ1n) is 3.65. The maximum Gasteiger partial charge on any atom is 0.316 e. The summed E-state index contributed by atoms with van der Waals surface area (Å²) in [5.41, 5.74) is 0. The molecule has 0 aromatic rings. The summed E-state index contributed by atoms with van der Waals surface area (Å²) in [7, 11) is 0. The lowest BCUT2D eigenvalue weighted by molar-refractivity contribution is -0.137. The molecule has 0 amide bonds. The van der Waals surface area contributed by atoms with E-state index in [1.807, 2.05) is 6.92 Å². The smallest absolute Gasteiger partial charge is 0.316 e. The lowest BCUT2D eigenvalue weighted by Gasteiger charge is -2.16. The van der Waals surface area contributed by atoms with E-state index in [9.17, 15) is 4.79 Å². The van der Waals surface area contributed by atoms with E-state index in [2.05, 4.69) is 12.6 Å². The lowest BCUT2D eigenvalue weighted by atomic mass is 9.98. The molecular formula is C7H12O3S. The summed E-state index contributed by atoms with van der Waals surface area (Å²) in [6.45, 7) is 2.56. The van der Waals surface area contributed by atoms with Crippen LogP contribution in [0.2, 0.25) is 0 Å². The fourth-order valence-electron chi connectivity index (χ4n) is 1.35. The number of hydrogen-bond acceptors (Lipinski definition) is 3. The molecule has 3 atom stereocenters. The van der Waals surface area contributed by atoms with E-state index in [-0.39, 0.29) is 12.0 Å². The molecule has 0 aromatic heterocycles. The second kappa shape index (κ2) is 3.45. The molecule has 0 aliphatic carbocycles. The summed E-state index contributed by atoms with van der Waals surface area (Å²) in [6, 6.07) is 0. The molecule has 0 aromatic carbocycles. The van der Waals surface area contributed by atoms with Crippen molar-refractivity contribution in [2.75, 3.05) is 6.61 Å².